The quantitative estimate of drug-likeness (QED) is 0.104. The molecule has 0 saturated heterocycles. The zero-order chi connectivity index (χ0) is 32.5. The average molecular weight is 665 g/mol. The fourth-order valence-electron chi connectivity index (χ4n) is 6.42. The van der Waals surface area contributed by atoms with Gasteiger partial charge in [-0.25, -0.2) is 0 Å². The Labute approximate surface area is 280 Å². The second kappa shape index (κ2) is 12.8. The monoisotopic (exact) mass is 664 g/mol. The van der Waals surface area contributed by atoms with E-state index < -0.39 is 5.60 Å². The molecule has 0 amide bonds. The molecular weight excluding hydrogens is 626 g/mol. The molecule has 7 rings (SSSR count). The first kappa shape index (κ1) is 31.5. The van der Waals surface area contributed by atoms with Crippen molar-refractivity contribution in [2.24, 2.45) is 0 Å². The van der Waals surface area contributed by atoms with Gasteiger partial charge in [-0.05, 0) is 57.0 Å². The predicted molar refractivity (Wildman–Crippen MR) is 189 cm³/mol. The lowest BCUT2D eigenvalue weighted by Crippen LogP contribution is -2.31. The molecule has 5 aromatic rings. The van der Waals surface area contributed by atoms with Gasteiger partial charge in [0.15, 0.2) is 28.6 Å². The molecule has 8 heteroatoms. The van der Waals surface area contributed by atoms with Crippen LogP contribution in [-0.4, -0.2) is 11.2 Å². The smallest absolute Gasteiger partial charge is 0.275 e. The average Bonchev–Trinajstić information content (AvgIpc) is 3.58. The van der Waals surface area contributed by atoms with Crippen molar-refractivity contribution in [2.45, 2.75) is 57.3 Å². The minimum Gasteiger partial charge on any atom is -0.483 e. The Bertz CT molecular complexity index is 1820. The molecule has 2 heterocycles. The summed E-state index contributed by atoms with van der Waals surface area (Å²) in [4.78, 5) is 0. The van der Waals surface area contributed by atoms with Crippen molar-refractivity contribution in [3.05, 3.63) is 149 Å². The van der Waals surface area contributed by atoms with Crippen LogP contribution < -0.4 is 23.0 Å². The molecule has 2 atom stereocenters. The summed E-state index contributed by atoms with van der Waals surface area (Å²) in [5.41, 5.74) is 3.35. The maximum Gasteiger partial charge on any atom is 0.275 e. The van der Waals surface area contributed by atoms with Crippen molar-refractivity contribution in [3.8, 4) is 28.7 Å². The largest absolute Gasteiger partial charge is 0.483 e. The summed E-state index contributed by atoms with van der Waals surface area (Å²) in [5, 5.41) is 0. The minimum atomic E-state index is -1.07. The lowest BCUT2D eigenvalue weighted by atomic mass is 9.80. The second-order valence-electron chi connectivity index (χ2n) is 13.1. The molecular formula is C39H38O6P2. The van der Waals surface area contributed by atoms with E-state index in [0.717, 1.165) is 52.2 Å². The predicted octanol–water partition coefficient (Wildman–Crippen LogP) is 9.98. The first-order chi connectivity index (χ1) is 22.7. The number of para-hydroxylation sites is 3. The Hall–Kier alpha value is -4.08. The number of ether oxygens (including phenoxy) is 2. The van der Waals surface area contributed by atoms with Gasteiger partial charge in [-0.1, -0.05) is 103 Å². The normalized spacial score (nSPS) is 16.1. The molecule has 0 fully saturated rings. The summed E-state index contributed by atoms with van der Waals surface area (Å²) >= 11 is 0. The van der Waals surface area contributed by atoms with Crippen molar-refractivity contribution in [3.63, 3.8) is 0 Å². The summed E-state index contributed by atoms with van der Waals surface area (Å²) in [6.45, 7) is 8.35. The van der Waals surface area contributed by atoms with Crippen LogP contribution in [0.4, 0.5) is 0 Å². The number of hydrogen-bond acceptors (Lipinski definition) is 6. The number of hydrogen-bond donors (Lipinski definition) is 0. The van der Waals surface area contributed by atoms with Crippen LogP contribution in [0.1, 0.15) is 55.5 Å². The van der Waals surface area contributed by atoms with E-state index in [2.05, 4.69) is 64.1 Å². The molecule has 6 nitrogen and oxygen atoms in total. The molecule has 5 aromatic carbocycles. The lowest BCUT2D eigenvalue weighted by Gasteiger charge is -2.36. The van der Waals surface area contributed by atoms with E-state index in [0.29, 0.717) is 17.2 Å². The van der Waals surface area contributed by atoms with Gasteiger partial charge in [0.2, 0.25) is 9.03 Å². The summed E-state index contributed by atoms with van der Waals surface area (Å²) < 4.78 is 38.6. The van der Waals surface area contributed by atoms with E-state index in [1.54, 1.807) is 0 Å². The summed E-state index contributed by atoms with van der Waals surface area (Å²) in [6, 6.07) is 40.4. The van der Waals surface area contributed by atoms with Crippen LogP contribution in [0.15, 0.2) is 121 Å². The van der Waals surface area contributed by atoms with Crippen LogP contribution in [0, 0.1) is 0 Å². The lowest BCUT2D eigenvalue weighted by molar-refractivity contribution is 0.134. The molecule has 240 valence electrons. The van der Waals surface area contributed by atoms with Crippen LogP contribution in [0.5, 0.6) is 28.7 Å². The molecule has 0 aromatic heterocycles. The SMILES string of the molecule is CC1(C)Cc2cccc(OPOc3ccccc3C(OPOc3cccc4c3OC(C)(C)C4)(c3ccccc3)c3ccccc3)c2O1. The molecule has 0 aliphatic carbocycles. The first-order valence-electron chi connectivity index (χ1n) is 15.8. The Morgan fingerprint density at radius 2 is 0.957 bits per heavy atom. The van der Waals surface area contributed by atoms with Gasteiger partial charge in [-0.3, -0.25) is 0 Å². The van der Waals surface area contributed by atoms with E-state index in [4.69, 9.17) is 27.6 Å². The molecule has 2 unspecified atom stereocenters. The Kier molecular flexibility index (Phi) is 8.61. The Morgan fingerprint density at radius 3 is 1.51 bits per heavy atom. The van der Waals surface area contributed by atoms with Gasteiger partial charge in [0.1, 0.15) is 17.0 Å². The Morgan fingerprint density at radius 1 is 0.511 bits per heavy atom. The van der Waals surface area contributed by atoms with Gasteiger partial charge in [0.25, 0.3) is 9.03 Å². The second-order valence-corrected chi connectivity index (χ2v) is 14.2. The fraction of sp³-hybridized carbons (Fsp3) is 0.231. The van der Waals surface area contributed by atoms with Crippen molar-refractivity contribution >= 4 is 18.1 Å². The highest BCUT2D eigenvalue weighted by atomic mass is 31.1. The van der Waals surface area contributed by atoms with Gasteiger partial charge in [0.05, 0.1) is 0 Å². The van der Waals surface area contributed by atoms with Crippen molar-refractivity contribution in [2.75, 3.05) is 0 Å². The van der Waals surface area contributed by atoms with E-state index in [9.17, 15) is 0 Å². The number of rotatable bonds is 11. The zero-order valence-corrected chi connectivity index (χ0v) is 28.9. The van der Waals surface area contributed by atoms with Crippen LogP contribution in [0.3, 0.4) is 0 Å². The fourth-order valence-corrected chi connectivity index (χ4v) is 7.74. The molecule has 0 saturated carbocycles. The van der Waals surface area contributed by atoms with Gasteiger partial charge < -0.3 is 27.6 Å². The number of benzene rings is 5. The van der Waals surface area contributed by atoms with Crippen LogP contribution in [-0.2, 0) is 23.0 Å². The summed E-state index contributed by atoms with van der Waals surface area (Å²) in [6.07, 6.45) is 1.66. The molecule has 0 spiro atoms. The van der Waals surface area contributed by atoms with Crippen LogP contribution in [0.25, 0.3) is 0 Å². The highest BCUT2D eigenvalue weighted by Gasteiger charge is 2.41. The van der Waals surface area contributed by atoms with Crippen molar-refractivity contribution in [1.82, 2.24) is 0 Å². The highest BCUT2D eigenvalue weighted by molar-refractivity contribution is 7.27. The third kappa shape index (κ3) is 6.43. The first-order valence-corrected chi connectivity index (χ1v) is 17.4. The van der Waals surface area contributed by atoms with Crippen molar-refractivity contribution < 1.29 is 27.6 Å². The van der Waals surface area contributed by atoms with Crippen LogP contribution in [0.2, 0.25) is 0 Å². The zero-order valence-electron chi connectivity index (χ0n) is 26.9. The molecule has 0 N–H and O–H groups in total. The van der Waals surface area contributed by atoms with Gasteiger partial charge >= 0.3 is 0 Å². The highest BCUT2D eigenvalue weighted by Crippen LogP contribution is 2.51. The van der Waals surface area contributed by atoms with Crippen molar-refractivity contribution in [1.29, 1.82) is 0 Å². The minimum absolute atomic E-state index is 0.272. The summed E-state index contributed by atoms with van der Waals surface area (Å²) in [7, 11) is -0.683. The van der Waals surface area contributed by atoms with E-state index >= 15 is 0 Å². The van der Waals surface area contributed by atoms with Gasteiger partial charge in [-0.2, -0.15) is 0 Å². The Balaban J connectivity index is 1.22. The van der Waals surface area contributed by atoms with E-state index in [-0.39, 0.29) is 29.3 Å². The maximum atomic E-state index is 7.00. The topological polar surface area (TPSA) is 55.4 Å². The van der Waals surface area contributed by atoms with E-state index in [1.165, 1.54) is 0 Å². The maximum absolute atomic E-state index is 7.00. The molecule has 2 aliphatic heterocycles. The third-order valence-corrected chi connectivity index (χ3v) is 9.69. The third-order valence-electron chi connectivity index (χ3n) is 8.39. The summed E-state index contributed by atoms with van der Waals surface area (Å²) in [5.74, 6) is 3.55. The molecule has 0 bridgehead atoms. The van der Waals surface area contributed by atoms with E-state index in [1.807, 2.05) is 84.9 Å². The van der Waals surface area contributed by atoms with Crippen LogP contribution >= 0.6 is 18.1 Å². The molecule has 0 radical (unpaired) electrons. The molecule has 2 aliphatic rings. The standard InChI is InChI=1S/C39H38O6P2/c1-37(2)25-27-15-13-23-33(35(27)40-37)43-46-42-32-22-12-11-21-31(32)39(29-17-7-5-8-18-29,30-19-9-6-10-20-30)45-47-44-34-24-14-16-28-26-38(3,4)41-36(28)34/h5-24,46-47H,25-26H2,1-4H3. The van der Waals surface area contributed by atoms with Gasteiger partial charge in [-0.15, -0.1) is 0 Å². The number of fused-ring (bicyclic) bond motifs is 2. The molecule has 47 heavy (non-hydrogen) atoms. The van der Waals surface area contributed by atoms with Gasteiger partial charge in [0, 0.05) is 29.5 Å².